The fraction of sp³-hybridized carbons (Fsp3) is 0.0714. The third-order valence-corrected chi connectivity index (χ3v) is 2.84. The van der Waals surface area contributed by atoms with Crippen LogP contribution >= 0.6 is 0 Å². The summed E-state index contributed by atoms with van der Waals surface area (Å²) < 4.78 is 5.11. The van der Waals surface area contributed by atoms with E-state index >= 15 is 0 Å². The fourth-order valence-corrected chi connectivity index (χ4v) is 1.80. The van der Waals surface area contributed by atoms with E-state index in [1.165, 1.54) is 18.2 Å². The Kier molecular flexibility index (Phi) is 2.83. The molecule has 6 nitrogen and oxygen atoms in total. The molecule has 20 heavy (non-hydrogen) atoms. The Bertz CT molecular complexity index is 803. The molecule has 2 heterocycles. The number of nitrogens with zero attached hydrogens (tertiary/aromatic N) is 2. The normalized spacial score (nSPS) is 10.7. The molecule has 100 valence electrons. The van der Waals surface area contributed by atoms with Gasteiger partial charge in [0.15, 0.2) is 5.43 Å². The SMILES string of the molecule is Cc1cc(=O)c(-c2nc(-c3ccc(O)cc3)no2)c[nH]1. The third-order valence-electron chi connectivity index (χ3n) is 2.84. The first-order valence-corrected chi connectivity index (χ1v) is 5.96. The summed E-state index contributed by atoms with van der Waals surface area (Å²) in [7, 11) is 0. The van der Waals surface area contributed by atoms with Crippen LogP contribution in [0.1, 0.15) is 5.69 Å². The second kappa shape index (κ2) is 4.65. The molecule has 0 aliphatic rings. The average molecular weight is 269 g/mol. The van der Waals surface area contributed by atoms with E-state index in [-0.39, 0.29) is 17.1 Å². The van der Waals surface area contributed by atoms with Crippen molar-refractivity contribution in [2.45, 2.75) is 6.92 Å². The Hall–Kier alpha value is -2.89. The summed E-state index contributed by atoms with van der Waals surface area (Å²) in [5.74, 6) is 0.682. The molecule has 0 amide bonds. The first-order valence-electron chi connectivity index (χ1n) is 5.96. The predicted octanol–water partition coefficient (Wildman–Crippen LogP) is 2.11. The van der Waals surface area contributed by atoms with Crippen LogP contribution in [0.5, 0.6) is 5.75 Å². The summed E-state index contributed by atoms with van der Waals surface area (Å²) in [6.07, 6.45) is 1.55. The summed E-state index contributed by atoms with van der Waals surface area (Å²) in [5.41, 5.74) is 1.61. The van der Waals surface area contributed by atoms with Crippen LogP contribution < -0.4 is 5.43 Å². The highest BCUT2D eigenvalue weighted by Crippen LogP contribution is 2.21. The van der Waals surface area contributed by atoms with Gasteiger partial charge < -0.3 is 14.6 Å². The predicted molar refractivity (Wildman–Crippen MR) is 72.2 cm³/mol. The molecule has 6 heteroatoms. The maximum atomic E-state index is 11.9. The zero-order valence-corrected chi connectivity index (χ0v) is 10.6. The summed E-state index contributed by atoms with van der Waals surface area (Å²) in [6, 6.07) is 7.88. The van der Waals surface area contributed by atoms with Gasteiger partial charge in [0.2, 0.25) is 5.82 Å². The van der Waals surface area contributed by atoms with Gasteiger partial charge in [-0.1, -0.05) is 5.16 Å². The average Bonchev–Trinajstić information content (AvgIpc) is 2.89. The second-order valence-corrected chi connectivity index (χ2v) is 4.36. The van der Waals surface area contributed by atoms with Gasteiger partial charge in [0, 0.05) is 23.5 Å². The lowest BCUT2D eigenvalue weighted by atomic mass is 10.2. The van der Waals surface area contributed by atoms with E-state index in [1.54, 1.807) is 25.3 Å². The van der Waals surface area contributed by atoms with Gasteiger partial charge in [-0.2, -0.15) is 4.98 Å². The first-order chi connectivity index (χ1) is 9.63. The molecule has 3 aromatic rings. The lowest BCUT2D eigenvalue weighted by molar-refractivity contribution is 0.432. The number of aryl methyl sites for hydroxylation is 1. The Morgan fingerprint density at radius 1 is 1.25 bits per heavy atom. The number of aromatic hydroxyl groups is 1. The maximum Gasteiger partial charge on any atom is 0.263 e. The topological polar surface area (TPSA) is 92.0 Å². The van der Waals surface area contributed by atoms with Crippen molar-refractivity contribution in [2.24, 2.45) is 0 Å². The molecule has 0 aliphatic heterocycles. The van der Waals surface area contributed by atoms with Gasteiger partial charge in [0.25, 0.3) is 5.89 Å². The maximum absolute atomic E-state index is 11.9. The van der Waals surface area contributed by atoms with Crippen LogP contribution in [0, 0.1) is 6.92 Å². The van der Waals surface area contributed by atoms with Crippen LogP contribution in [-0.4, -0.2) is 20.2 Å². The van der Waals surface area contributed by atoms with Gasteiger partial charge in [-0.05, 0) is 31.2 Å². The number of H-pyrrole nitrogens is 1. The highest BCUT2D eigenvalue weighted by atomic mass is 16.5. The van der Waals surface area contributed by atoms with Crippen LogP contribution in [0.25, 0.3) is 22.8 Å². The molecule has 0 bridgehead atoms. The Morgan fingerprint density at radius 3 is 2.70 bits per heavy atom. The summed E-state index contributed by atoms with van der Waals surface area (Å²) >= 11 is 0. The highest BCUT2D eigenvalue weighted by molar-refractivity contribution is 5.59. The van der Waals surface area contributed by atoms with Crippen molar-refractivity contribution in [1.82, 2.24) is 15.1 Å². The summed E-state index contributed by atoms with van der Waals surface area (Å²) in [4.78, 5) is 19.0. The molecule has 0 radical (unpaired) electrons. The van der Waals surface area contributed by atoms with Crippen LogP contribution in [0.3, 0.4) is 0 Å². The Balaban J connectivity index is 2.02. The molecule has 0 saturated heterocycles. The Labute approximate surface area is 113 Å². The van der Waals surface area contributed by atoms with E-state index in [9.17, 15) is 9.90 Å². The molecule has 0 atom stereocenters. The smallest absolute Gasteiger partial charge is 0.263 e. The van der Waals surface area contributed by atoms with E-state index in [0.717, 1.165) is 5.69 Å². The van der Waals surface area contributed by atoms with Crippen LogP contribution in [-0.2, 0) is 0 Å². The van der Waals surface area contributed by atoms with Gasteiger partial charge >= 0.3 is 0 Å². The number of hydrogen-bond acceptors (Lipinski definition) is 5. The molecule has 1 aromatic carbocycles. The number of phenols is 1. The monoisotopic (exact) mass is 269 g/mol. The molecule has 0 fully saturated rings. The standard InChI is InChI=1S/C14H11N3O3/c1-8-6-12(19)11(7-15-8)14-16-13(17-20-14)9-2-4-10(18)5-3-9/h2-7,18H,1H3,(H,15,19). The lowest BCUT2D eigenvalue weighted by Crippen LogP contribution is -2.05. The van der Waals surface area contributed by atoms with Crippen molar-refractivity contribution in [1.29, 1.82) is 0 Å². The van der Waals surface area contributed by atoms with Gasteiger partial charge in [-0.25, -0.2) is 0 Å². The highest BCUT2D eigenvalue weighted by Gasteiger charge is 2.13. The number of rotatable bonds is 2. The minimum Gasteiger partial charge on any atom is -0.508 e. The quantitative estimate of drug-likeness (QED) is 0.743. The fourth-order valence-electron chi connectivity index (χ4n) is 1.80. The number of aromatic amines is 1. The van der Waals surface area contributed by atoms with Crippen molar-refractivity contribution in [3.63, 3.8) is 0 Å². The number of nitrogens with one attached hydrogen (secondary N) is 1. The lowest BCUT2D eigenvalue weighted by Gasteiger charge is -1.95. The molecular weight excluding hydrogens is 258 g/mol. The van der Waals surface area contributed by atoms with Crippen molar-refractivity contribution in [3.05, 3.63) is 52.4 Å². The van der Waals surface area contributed by atoms with E-state index in [1.807, 2.05) is 0 Å². The number of pyridine rings is 1. The van der Waals surface area contributed by atoms with E-state index < -0.39 is 0 Å². The number of hydrogen-bond donors (Lipinski definition) is 2. The number of benzene rings is 1. The van der Waals surface area contributed by atoms with Crippen molar-refractivity contribution in [3.8, 4) is 28.6 Å². The van der Waals surface area contributed by atoms with Crippen molar-refractivity contribution < 1.29 is 9.63 Å². The molecule has 2 aromatic heterocycles. The molecule has 0 aliphatic carbocycles. The van der Waals surface area contributed by atoms with E-state index in [2.05, 4.69) is 15.1 Å². The molecule has 3 rings (SSSR count). The third kappa shape index (κ3) is 2.18. The minimum absolute atomic E-state index is 0.160. The van der Waals surface area contributed by atoms with E-state index in [0.29, 0.717) is 17.0 Å². The Morgan fingerprint density at radius 2 is 2.00 bits per heavy atom. The largest absolute Gasteiger partial charge is 0.508 e. The van der Waals surface area contributed by atoms with Gasteiger partial charge in [-0.3, -0.25) is 4.79 Å². The van der Waals surface area contributed by atoms with Crippen molar-refractivity contribution >= 4 is 0 Å². The molecule has 0 spiro atoms. The summed E-state index contributed by atoms with van der Waals surface area (Å²) in [6.45, 7) is 1.79. The number of aromatic nitrogens is 3. The second-order valence-electron chi connectivity index (χ2n) is 4.36. The molecule has 0 unspecified atom stereocenters. The molecular formula is C14H11N3O3. The van der Waals surface area contributed by atoms with Crippen LogP contribution in [0.4, 0.5) is 0 Å². The zero-order chi connectivity index (χ0) is 14.1. The van der Waals surface area contributed by atoms with Gasteiger partial charge in [0.1, 0.15) is 11.3 Å². The molecule has 2 N–H and O–H groups in total. The summed E-state index contributed by atoms with van der Waals surface area (Å²) in [5, 5.41) is 13.1. The van der Waals surface area contributed by atoms with Crippen LogP contribution in [0.2, 0.25) is 0 Å². The van der Waals surface area contributed by atoms with Gasteiger partial charge in [0.05, 0.1) is 0 Å². The molecule has 0 saturated carbocycles. The first kappa shape index (κ1) is 12.2. The number of phenolic OH excluding ortho intramolecular Hbond substituents is 1. The van der Waals surface area contributed by atoms with Crippen LogP contribution in [0.15, 0.2) is 45.8 Å². The zero-order valence-electron chi connectivity index (χ0n) is 10.6. The van der Waals surface area contributed by atoms with E-state index in [4.69, 9.17) is 4.52 Å². The van der Waals surface area contributed by atoms with Gasteiger partial charge in [-0.15, -0.1) is 0 Å². The minimum atomic E-state index is -0.179. The van der Waals surface area contributed by atoms with Crippen molar-refractivity contribution in [2.75, 3.05) is 0 Å².